The number of amides is 2. The molecule has 1 atom stereocenters. The number of nitrogens with zero attached hydrogens (tertiary/aromatic N) is 2. The van der Waals surface area contributed by atoms with Gasteiger partial charge in [0.1, 0.15) is 29.9 Å². The maximum absolute atomic E-state index is 14.1. The van der Waals surface area contributed by atoms with Gasteiger partial charge in [-0.05, 0) is 86.0 Å². The van der Waals surface area contributed by atoms with Gasteiger partial charge in [0.05, 0.1) is 24.3 Å². The first kappa shape index (κ1) is 32.4. The minimum absolute atomic E-state index is 0.0435. The van der Waals surface area contributed by atoms with Crippen LogP contribution >= 0.6 is 0 Å². The molecule has 42 heavy (non-hydrogen) atoms. The van der Waals surface area contributed by atoms with Crippen molar-refractivity contribution in [3.8, 4) is 11.5 Å². The van der Waals surface area contributed by atoms with Gasteiger partial charge in [0.25, 0.3) is 10.0 Å². The molecule has 3 aromatic rings. The number of nitrogens with one attached hydrogen (secondary N) is 1. The Labute approximate surface area is 247 Å². The molecule has 3 rings (SSSR count). The van der Waals surface area contributed by atoms with Crippen LogP contribution in [0.4, 0.5) is 10.1 Å². The van der Waals surface area contributed by atoms with Gasteiger partial charge in [0, 0.05) is 13.1 Å². The lowest BCUT2D eigenvalue weighted by molar-refractivity contribution is -0.140. The number of carbonyl (C=O) groups excluding carboxylic acids is 2. The minimum atomic E-state index is -4.32. The number of benzene rings is 3. The summed E-state index contributed by atoms with van der Waals surface area (Å²) in [6.45, 7) is 5.85. The summed E-state index contributed by atoms with van der Waals surface area (Å²) in [5.41, 5.74) is 0.916. The highest BCUT2D eigenvalue weighted by molar-refractivity contribution is 7.92. The maximum atomic E-state index is 14.1. The van der Waals surface area contributed by atoms with Crippen LogP contribution in [0.2, 0.25) is 0 Å². The Bertz CT molecular complexity index is 1430. The summed E-state index contributed by atoms with van der Waals surface area (Å²) in [6.07, 6.45) is 1.02. The summed E-state index contributed by atoms with van der Waals surface area (Å²) >= 11 is 0. The fourth-order valence-electron chi connectivity index (χ4n) is 4.39. The average molecular weight is 600 g/mol. The van der Waals surface area contributed by atoms with Crippen LogP contribution in [0.15, 0.2) is 77.7 Å². The topological polar surface area (TPSA) is 105 Å². The molecule has 3 aromatic carbocycles. The number of hydrogen-bond acceptors (Lipinski definition) is 6. The van der Waals surface area contributed by atoms with Crippen molar-refractivity contribution in [2.75, 3.05) is 31.1 Å². The lowest BCUT2D eigenvalue weighted by Gasteiger charge is -2.33. The Kier molecular flexibility index (Phi) is 11.7. The summed E-state index contributed by atoms with van der Waals surface area (Å²) < 4.78 is 53.2. The van der Waals surface area contributed by atoms with Crippen molar-refractivity contribution in [1.29, 1.82) is 0 Å². The van der Waals surface area contributed by atoms with E-state index in [4.69, 9.17) is 9.47 Å². The van der Waals surface area contributed by atoms with Crippen molar-refractivity contribution in [2.45, 2.75) is 51.1 Å². The molecule has 0 aromatic heterocycles. The molecule has 0 saturated carbocycles. The van der Waals surface area contributed by atoms with Crippen LogP contribution in [0.25, 0.3) is 0 Å². The molecule has 0 heterocycles. The zero-order valence-electron chi connectivity index (χ0n) is 24.4. The molecule has 0 aliphatic heterocycles. The van der Waals surface area contributed by atoms with Crippen LogP contribution < -0.4 is 19.1 Å². The van der Waals surface area contributed by atoms with Crippen molar-refractivity contribution in [3.63, 3.8) is 0 Å². The van der Waals surface area contributed by atoms with Crippen molar-refractivity contribution in [1.82, 2.24) is 10.2 Å². The van der Waals surface area contributed by atoms with Crippen LogP contribution in [-0.4, -0.2) is 58.0 Å². The van der Waals surface area contributed by atoms with E-state index in [-0.39, 0.29) is 23.0 Å². The predicted molar refractivity (Wildman–Crippen MR) is 159 cm³/mol. The number of carbonyl (C=O) groups is 2. The van der Waals surface area contributed by atoms with Gasteiger partial charge in [-0.25, -0.2) is 12.8 Å². The molecular weight excluding hydrogens is 561 g/mol. The molecular formula is C31H38FN3O6S. The van der Waals surface area contributed by atoms with Gasteiger partial charge >= 0.3 is 0 Å². The Balaban J connectivity index is 2.06. The van der Waals surface area contributed by atoms with Crippen LogP contribution in [0.5, 0.6) is 11.5 Å². The van der Waals surface area contributed by atoms with Crippen LogP contribution in [0.3, 0.4) is 0 Å². The number of hydrogen-bond donors (Lipinski definition) is 1. The van der Waals surface area contributed by atoms with Crippen molar-refractivity contribution >= 4 is 27.5 Å². The normalized spacial score (nSPS) is 11.8. The van der Waals surface area contributed by atoms with Gasteiger partial charge in [0.2, 0.25) is 11.8 Å². The van der Waals surface area contributed by atoms with E-state index in [1.807, 2.05) is 13.8 Å². The number of ether oxygens (including phenoxy) is 2. The third-order valence-electron chi connectivity index (χ3n) is 6.54. The molecule has 0 fully saturated rings. The van der Waals surface area contributed by atoms with Gasteiger partial charge in [0.15, 0.2) is 0 Å². The molecule has 0 spiro atoms. The number of anilines is 1. The lowest BCUT2D eigenvalue weighted by Crippen LogP contribution is -2.52. The van der Waals surface area contributed by atoms with Gasteiger partial charge < -0.3 is 19.7 Å². The molecule has 0 radical (unpaired) electrons. The highest BCUT2D eigenvalue weighted by atomic mass is 32.2. The summed E-state index contributed by atoms with van der Waals surface area (Å²) in [5.74, 6) is -0.394. The zero-order valence-corrected chi connectivity index (χ0v) is 25.2. The third-order valence-corrected chi connectivity index (χ3v) is 8.33. The summed E-state index contributed by atoms with van der Waals surface area (Å²) in [6, 6.07) is 16.9. The highest BCUT2D eigenvalue weighted by Crippen LogP contribution is 2.27. The highest BCUT2D eigenvalue weighted by Gasteiger charge is 2.33. The Morgan fingerprint density at radius 1 is 0.952 bits per heavy atom. The molecule has 0 saturated heterocycles. The van der Waals surface area contributed by atoms with E-state index < -0.39 is 34.3 Å². The molecule has 0 bridgehead atoms. The second-order valence-electron chi connectivity index (χ2n) is 9.48. The first-order valence-electron chi connectivity index (χ1n) is 13.9. The fourth-order valence-corrected chi connectivity index (χ4v) is 5.81. The van der Waals surface area contributed by atoms with E-state index in [1.165, 1.54) is 24.1 Å². The molecule has 0 aliphatic rings. The zero-order chi connectivity index (χ0) is 30.7. The molecule has 0 unspecified atom stereocenters. The molecule has 226 valence electrons. The first-order chi connectivity index (χ1) is 20.1. The molecule has 2 amide bonds. The van der Waals surface area contributed by atoms with E-state index in [0.29, 0.717) is 43.1 Å². The van der Waals surface area contributed by atoms with Gasteiger partial charge in [-0.15, -0.1) is 0 Å². The lowest BCUT2D eigenvalue weighted by atomic mass is 10.1. The third kappa shape index (κ3) is 8.22. The maximum Gasteiger partial charge on any atom is 0.264 e. The van der Waals surface area contributed by atoms with E-state index >= 15 is 0 Å². The Morgan fingerprint density at radius 2 is 1.64 bits per heavy atom. The van der Waals surface area contributed by atoms with Gasteiger partial charge in [-0.1, -0.05) is 26.0 Å². The summed E-state index contributed by atoms with van der Waals surface area (Å²) in [4.78, 5) is 28.5. The van der Waals surface area contributed by atoms with E-state index in [9.17, 15) is 22.4 Å². The minimum Gasteiger partial charge on any atom is -0.497 e. The van der Waals surface area contributed by atoms with Gasteiger partial charge in [-0.2, -0.15) is 0 Å². The van der Waals surface area contributed by atoms with Crippen LogP contribution in [-0.2, 0) is 26.2 Å². The second-order valence-corrected chi connectivity index (χ2v) is 11.3. The van der Waals surface area contributed by atoms with E-state index in [2.05, 4.69) is 5.32 Å². The van der Waals surface area contributed by atoms with Crippen molar-refractivity contribution in [2.24, 2.45) is 0 Å². The first-order valence-corrected chi connectivity index (χ1v) is 15.3. The van der Waals surface area contributed by atoms with E-state index in [0.717, 1.165) is 28.6 Å². The number of halogens is 1. The molecule has 11 heteroatoms. The monoisotopic (exact) mass is 599 g/mol. The average Bonchev–Trinajstić information content (AvgIpc) is 2.99. The Hall–Kier alpha value is -4.12. The summed E-state index contributed by atoms with van der Waals surface area (Å²) in [7, 11) is -2.79. The standard InChI is InChI=1S/C31H38FN3O6S/c1-5-19-33-31(37)29(6-2)34(21-23-9-8-10-27(20-23)40-4)30(36)22-35(25-13-15-26(16-14-25)41-7-3)42(38,39)28-17-11-24(32)12-18-28/h8-18,20,29H,5-7,19,21-22H2,1-4H3,(H,33,37)/t29-/m1/s1. The molecule has 9 nitrogen and oxygen atoms in total. The van der Waals surface area contributed by atoms with Crippen molar-refractivity contribution < 1.29 is 31.9 Å². The predicted octanol–water partition coefficient (Wildman–Crippen LogP) is 4.76. The smallest absolute Gasteiger partial charge is 0.264 e. The Morgan fingerprint density at radius 3 is 2.24 bits per heavy atom. The molecule has 1 N–H and O–H groups in total. The number of methoxy groups -OCH3 is 1. The summed E-state index contributed by atoms with van der Waals surface area (Å²) in [5, 5.41) is 2.85. The fraction of sp³-hybridized carbons (Fsp3) is 0.355. The largest absolute Gasteiger partial charge is 0.497 e. The van der Waals surface area contributed by atoms with Crippen molar-refractivity contribution in [3.05, 3.63) is 84.2 Å². The quantitative estimate of drug-likeness (QED) is 0.270. The van der Waals surface area contributed by atoms with Crippen LogP contribution in [0.1, 0.15) is 39.2 Å². The van der Waals surface area contributed by atoms with Crippen LogP contribution in [0, 0.1) is 5.82 Å². The SMILES string of the molecule is CCCNC(=O)[C@@H](CC)N(Cc1cccc(OC)c1)C(=O)CN(c1ccc(OCC)cc1)S(=O)(=O)c1ccc(F)cc1. The number of sulfonamides is 1. The van der Waals surface area contributed by atoms with Gasteiger partial charge in [-0.3, -0.25) is 13.9 Å². The molecule has 0 aliphatic carbocycles. The second kappa shape index (κ2) is 15.2. The van der Waals surface area contributed by atoms with E-state index in [1.54, 1.807) is 43.3 Å². The number of rotatable bonds is 15.